The van der Waals surface area contributed by atoms with Crippen LogP contribution < -0.4 is 5.32 Å². The summed E-state index contributed by atoms with van der Waals surface area (Å²) in [4.78, 5) is 1.42. The molecular weight excluding hydrogens is 217 g/mol. The summed E-state index contributed by atoms with van der Waals surface area (Å²) >= 11 is 0. The van der Waals surface area contributed by atoms with E-state index in [9.17, 15) is 13.2 Å². The number of halogens is 3. The third kappa shape index (κ3) is 5.70. The molecule has 0 aromatic carbocycles. The van der Waals surface area contributed by atoms with Gasteiger partial charge in [0.05, 0.1) is 6.54 Å². The Hall–Kier alpha value is -0.290. The van der Waals surface area contributed by atoms with Crippen LogP contribution in [0.5, 0.6) is 0 Å². The second-order valence-corrected chi connectivity index (χ2v) is 4.56. The average molecular weight is 238 g/mol. The van der Waals surface area contributed by atoms with Crippen LogP contribution in [0.25, 0.3) is 0 Å². The van der Waals surface area contributed by atoms with Crippen LogP contribution >= 0.6 is 0 Å². The SMILES string of the molecule is CCN(CCNC(C)C1CC1)CC(F)(F)F. The van der Waals surface area contributed by atoms with Crippen molar-refractivity contribution in [2.45, 2.75) is 38.9 Å². The van der Waals surface area contributed by atoms with Crippen molar-refractivity contribution >= 4 is 0 Å². The highest BCUT2D eigenvalue weighted by Crippen LogP contribution is 2.32. The van der Waals surface area contributed by atoms with E-state index >= 15 is 0 Å². The van der Waals surface area contributed by atoms with E-state index in [1.807, 2.05) is 0 Å². The van der Waals surface area contributed by atoms with Crippen LogP contribution in [0.3, 0.4) is 0 Å². The van der Waals surface area contributed by atoms with Gasteiger partial charge in [-0.1, -0.05) is 6.92 Å². The molecule has 0 aromatic heterocycles. The van der Waals surface area contributed by atoms with Gasteiger partial charge in [-0.3, -0.25) is 4.90 Å². The van der Waals surface area contributed by atoms with Crippen molar-refractivity contribution in [1.29, 1.82) is 0 Å². The van der Waals surface area contributed by atoms with Crippen LogP contribution in [0, 0.1) is 5.92 Å². The second kappa shape index (κ2) is 5.87. The Morgan fingerprint density at radius 3 is 2.44 bits per heavy atom. The molecule has 1 aliphatic rings. The molecule has 1 N–H and O–H groups in total. The lowest BCUT2D eigenvalue weighted by Gasteiger charge is -2.23. The highest BCUT2D eigenvalue weighted by molar-refractivity contribution is 4.83. The predicted molar refractivity (Wildman–Crippen MR) is 58.4 cm³/mol. The van der Waals surface area contributed by atoms with Crippen LogP contribution in [0.4, 0.5) is 13.2 Å². The van der Waals surface area contributed by atoms with Crippen molar-refractivity contribution in [1.82, 2.24) is 10.2 Å². The number of hydrogen-bond acceptors (Lipinski definition) is 2. The molecule has 16 heavy (non-hydrogen) atoms. The molecule has 0 saturated heterocycles. The molecule has 0 radical (unpaired) electrons. The Labute approximate surface area is 95.2 Å². The zero-order chi connectivity index (χ0) is 12.2. The zero-order valence-electron chi connectivity index (χ0n) is 9.98. The minimum atomic E-state index is -4.09. The van der Waals surface area contributed by atoms with E-state index in [1.54, 1.807) is 6.92 Å². The average Bonchev–Trinajstić information content (AvgIpc) is 2.97. The molecule has 1 aliphatic carbocycles. The normalized spacial score (nSPS) is 19.1. The zero-order valence-corrected chi connectivity index (χ0v) is 9.98. The monoisotopic (exact) mass is 238 g/mol. The summed E-state index contributed by atoms with van der Waals surface area (Å²) in [5.41, 5.74) is 0. The molecule has 0 bridgehead atoms. The Bertz CT molecular complexity index is 202. The fourth-order valence-electron chi connectivity index (χ4n) is 1.82. The van der Waals surface area contributed by atoms with Gasteiger partial charge in [0.25, 0.3) is 0 Å². The van der Waals surface area contributed by atoms with E-state index in [0.717, 1.165) is 5.92 Å². The van der Waals surface area contributed by atoms with Crippen molar-refractivity contribution in [3.05, 3.63) is 0 Å². The third-order valence-corrected chi connectivity index (χ3v) is 3.07. The van der Waals surface area contributed by atoms with Crippen molar-refractivity contribution in [2.24, 2.45) is 5.92 Å². The van der Waals surface area contributed by atoms with E-state index in [2.05, 4.69) is 12.2 Å². The molecule has 1 fully saturated rings. The molecule has 5 heteroatoms. The number of alkyl halides is 3. The number of likely N-dealkylation sites (N-methyl/N-ethyl adjacent to an activating group) is 1. The van der Waals surface area contributed by atoms with Gasteiger partial charge in [0.15, 0.2) is 0 Å². The van der Waals surface area contributed by atoms with Crippen molar-refractivity contribution in [3.8, 4) is 0 Å². The van der Waals surface area contributed by atoms with Gasteiger partial charge in [-0.25, -0.2) is 0 Å². The summed E-state index contributed by atoms with van der Waals surface area (Å²) in [7, 11) is 0. The van der Waals surface area contributed by atoms with E-state index in [1.165, 1.54) is 17.7 Å². The number of hydrogen-bond donors (Lipinski definition) is 1. The molecule has 0 aromatic rings. The molecule has 1 saturated carbocycles. The third-order valence-electron chi connectivity index (χ3n) is 3.07. The summed E-state index contributed by atoms with van der Waals surface area (Å²) < 4.78 is 36.5. The molecule has 0 spiro atoms. The topological polar surface area (TPSA) is 15.3 Å². The Kier molecular flexibility index (Phi) is 5.05. The Morgan fingerprint density at radius 2 is 2.00 bits per heavy atom. The molecule has 1 rings (SSSR count). The van der Waals surface area contributed by atoms with E-state index in [0.29, 0.717) is 25.7 Å². The first-order valence-electron chi connectivity index (χ1n) is 5.95. The highest BCUT2D eigenvalue weighted by Gasteiger charge is 2.30. The van der Waals surface area contributed by atoms with Gasteiger partial charge in [0.1, 0.15) is 0 Å². The molecule has 2 nitrogen and oxygen atoms in total. The number of nitrogens with zero attached hydrogens (tertiary/aromatic N) is 1. The molecule has 0 heterocycles. The Balaban J connectivity index is 2.12. The van der Waals surface area contributed by atoms with Crippen LogP contribution in [-0.4, -0.2) is 43.3 Å². The van der Waals surface area contributed by atoms with Crippen LogP contribution in [-0.2, 0) is 0 Å². The lowest BCUT2D eigenvalue weighted by Crippen LogP contribution is -2.40. The van der Waals surface area contributed by atoms with Crippen LogP contribution in [0.1, 0.15) is 26.7 Å². The number of rotatable bonds is 7. The minimum absolute atomic E-state index is 0.443. The lowest BCUT2D eigenvalue weighted by molar-refractivity contribution is -0.145. The molecule has 0 amide bonds. The summed E-state index contributed by atoms with van der Waals surface area (Å²) in [6.07, 6.45) is -1.57. The summed E-state index contributed by atoms with van der Waals surface area (Å²) in [5, 5.41) is 3.29. The van der Waals surface area contributed by atoms with Crippen molar-refractivity contribution in [2.75, 3.05) is 26.2 Å². The van der Waals surface area contributed by atoms with E-state index in [-0.39, 0.29) is 0 Å². The molecule has 1 unspecified atom stereocenters. The summed E-state index contributed by atoms with van der Waals surface area (Å²) in [5.74, 6) is 0.748. The van der Waals surface area contributed by atoms with Crippen molar-refractivity contribution in [3.63, 3.8) is 0 Å². The fraction of sp³-hybridized carbons (Fsp3) is 1.00. The second-order valence-electron chi connectivity index (χ2n) is 4.56. The van der Waals surface area contributed by atoms with Gasteiger partial charge in [-0.15, -0.1) is 0 Å². The van der Waals surface area contributed by atoms with Gasteiger partial charge >= 0.3 is 6.18 Å². The van der Waals surface area contributed by atoms with Gasteiger partial charge in [0, 0.05) is 19.1 Å². The van der Waals surface area contributed by atoms with Crippen LogP contribution in [0.2, 0.25) is 0 Å². The Morgan fingerprint density at radius 1 is 1.38 bits per heavy atom. The maximum atomic E-state index is 12.2. The molecule has 1 atom stereocenters. The minimum Gasteiger partial charge on any atom is -0.313 e. The van der Waals surface area contributed by atoms with Gasteiger partial charge < -0.3 is 5.32 Å². The first kappa shape index (κ1) is 13.8. The van der Waals surface area contributed by atoms with E-state index in [4.69, 9.17) is 0 Å². The van der Waals surface area contributed by atoms with Gasteiger partial charge in [-0.05, 0) is 32.2 Å². The maximum Gasteiger partial charge on any atom is 0.401 e. The quantitative estimate of drug-likeness (QED) is 0.732. The number of nitrogens with one attached hydrogen (secondary N) is 1. The first-order chi connectivity index (χ1) is 7.42. The molecule has 0 aliphatic heterocycles. The van der Waals surface area contributed by atoms with Crippen LogP contribution in [0.15, 0.2) is 0 Å². The van der Waals surface area contributed by atoms with Gasteiger partial charge in [-0.2, -0.15) is 13.2 Å². The van der Waals surface area contributed by atoms with Gasteiger partial charge in [0.2, 0.25) is 0 Å². The smallest absolute Gasteiger partial charge is 0.313 e. The largest absolute Gasteiger partial charge is 0.401 e. The van der Waals surface area contributed by atoms with E-state index < -0.39 is 12.7 Å². The summed E-state index contributed by atoms with van der Waals surface area (Å²) in [6.45, 7) is 4.62. The lowest BCUT2D eigenvalue weighted by atomic mass is 10.2. The molecule has 96 valence electrons. The fourth-order valence-corrected chi connectivity index (χ4v) is 1.82. The highest BCUT2D eigenvalue weighted by atomic mass is 19.4. The first-order valence-corrected chi connectivity index (χ1v) is 5.95. The van der Waals surface area contributed by atoms with Crippen molar-refractivity contribution < 1.29 is 13.2 Å². The summed E-state index contributed by atoms with van der Waals surface area (Å²) in [6, 6.07) is 0.449. The predicted octanol–water partition coefficient (Wildman–Crippen LogP) is 2.26. The molecular formula is C11H21F3N2. The standard InChI is InChI=1S/C11H21F3N2/c1-3-16(8-11(12,13)14)7-6-15-9(2)10-4-5-10/h9-10,15H,3-8H2,1-2H3. The maximum absolute atomic E-state index is 12.2.